The van der Waals surface area contributed by atoms with Crippen molar-refractivity contribution in [2.75, 3.05) is 6.54 Å². The van der Waals surface area contributed by atoms with Crippen LogP contribution in [0.2, 0.25) is 0 Å². The zero-order valence-electron chi connectivity index (χ0n) is 8.08. The van der Waals surface area contributed by atoms with Crippen molar-refractivity contribution in [3.63, 3.8) is 0 Å². The van der Waals surface area contributed by atoms with Gasteiger partial charge in [-0.1, -0.05) is 18.6 Å². The first-order valence-corrected chi connectivity index (χ1v) is 5.03. The Morgan fingerprint density at radius 3 is 3.31 bits per heavy atom. The average molecular weight is 180 g/mol. The van der Waals surface area contributed by atoms with Gasteiger partial charge >= 0.3 is 0 Å². The van der Waals surface area contributed by atoms with Gasteiger partial charge in [-0.05, 0) is 6.42 Å². The first kappa shape index (κ1) is 8.69. The molecule has 0 radical (unpaired) electrons. The van der Waals surface area contributed by atoms with Crippen LogP contribution < -0.4 is 5.32 Å². The van der Waals surface area contributed by atoms with Gasteiger partial charge in [0, 0.05) is 26.1 Å². The van der Waals surface area contributed by atoms with Crippen molar-refractivity contribution in [1.82, 2.24) is 20.3 Å². The van der Waals surface area contributed by atoms with Crippen LogP contribution in [0, 0.1) is 0 Å². The molecule has 0 fully saturated rings. The third-order valence-electron chi connectivity index (χ3n) is 2.47. The second-order valence-electron chi connectivity index (χ2n) is 3.49. The van der Waals surface area contributed by atoms with Gasteiger partial charge in [-0.2, -0.15) is 0 Å². The minimum absolute atomic E-state index is 0.937. The van der Waals surface area contributed by atoms with Gasteiger partial charge in [0.05, 0.1) is 11.4 Å². The fourth-order valence-electron chi connectivity index (χ4n) is 1.66. The van der Waals surface area contributed by atoms with Crippen LogP contribution in [0.5, 0.6) is 0 Å². The molecule has 4 heteroatoms. The lowest BCUT2D eigenvalue weighted by Gasteiger charge is -2.13. The van der Waals surface area contributed by atoms with Crippen LogP contribution in [-0.4, -0.2) is 21.5 Å². The van der Waals surface area contributed by atoms with Crippen molar-refractivity contribution < 1.29 is 0 Å². The van der Waals surface area contributed by atoms with Gasteiger partial charge in [0.2, 0.25) is 0 Å². The molecule has 2 heterocycles. The molecule has 1 aliphatic heterocycles. The molecule has 0 atom stereocenters. The molecule has 0 spiro atoms. The fourth-order valence-corrected chi connectivity index (χ4v) is 1.66. The second-order valence-corrected chi connectivity index (χ2v) is 3.49. The highest BCUT2D eigenvalue weighted by molar-refractivity contribution is 5.13. The number of unbranched alkanes of at least 4 members (excludes halogenated alkanes) is 1. The number of nitrogens with zero attached hydrogens (tertiary/aromatic N) is 3. The number of hydrogen-bond acceptors (Lipinski definition) is 3. The van der Waals surface area contributed by atoms with Crippen molar-refractivity contribution in [2.45, 2.75) is 39.3 Å². The van der Waals surface area contributed by atoms with Gasteiger partial charge in [0.15, 0.2) is 0 Å². The van der Waals surface area contributed by atoms with Crippen LogP contribution in [0.25, 0.3) is 0 Å². The number of aryl methyl sites for hydroxylation is 1. The summed E-state index contributed by atoms with van der Waals surface area (Å²) in [6.07, 6.45) is 3.43. The number of rotatable bonds is 3. The van der Waals surface area contributed by atoms with Crippen LogP contribution >= 0.6 is 0 Å². The molecular formula is C9H16N4. The van der Waals surface area contributed by atoms with Crippen LogP contribution in [0.15, 0.2) is 0 Å². The summed E-state index contributed by atoms with van der Waals surface area (Å²) < 4.78 is 2.05. The summed E-state index contributed by atoms with van der Waals surface area (Å²) in [6, 6.07) is 0. The quantitative estimate of drug-likeness (QED) is 0.745. The maximum Gasteiger partial charge on any atom is 0.0885 e. The minimum atomic E-state index is 0.937. The van der Waals surface area contributed by atoms with E-state index in [1.165, 1.54) is 24.2 Å². The normalized spacial score (nSPS) is 15.8. The van der Waals surface area contributed by atoms with Crippen LogP contribution in [0.3, 0.4) is 0 Å². The fraction of sp³-hybridized carbons (Fsp3) is 0.778. The lowest BCUT2D eigenvalue weighted by molar-refractivity contribution is 0.513. The second kappa shape index (κ2) is 3.87. The van der Waals surface area contributed by atoms with Gasteiger partial charge in [-0.25, -0.2) is 4.68 Å². The van der Waals surface area contributed by atoms with E-state index in [4.69, 9.17) is 0 Å². The third-order valence-corrected chi connectivity index (χ3v) is 2.47. The Morgan fingerprint density at radius 2 is 2.46 bits per heavy atom. The summed E-state index contributed by atoms with van der Waals surface area (Å²) >= 11 is 0. The molecule has 0 unspecified atom stereocenters. The van der Waals surface area contributed by atoms with Gasteiger partial charge in [0.1, 0.15) is 0 Å². The van der Waals surface area contributed by atoms with E-state index in [0.717, 1.165) is 26.1 Å². The van der Waals surface area contributed by atoms with Gasteiger partial charge in [0.25, 0.3) is 0 Å². The highest BCUT2D eigenvalue weighted by Gasteiger charge is 2.15. The predicted octanol–water partition coefficient (Wildman–Crippen LogP) is 0.724. The molecule has 0 bridgehead atoms. The number of hydrogen-bond donors (Lipinski definition) is 1. The van der Waals surface area contributed by atoms with Crippen LogP contribution in [-0.2, 0) is 19.5 Å². The van der Waals surface area contributed by atoms with E-state index in [0.29, 0.717) is 0 Å². The Bertz CT molecular complexity index is 279. The lowest BCUT2D eigenvalue weighted by Crippen LogP contribution is -2.25. The van der Waals surface area contributed by atoms with E-state index in [2.05, 4.69) is 22.6 Å². The molecule has 1 aromatic rings. The van der Waals surface area contributed by atoms with Crippen molar-refractivity contribution in [1.29, 1.82) is 0 Å². The van der Waals surface area contributed by atoms with Gasteiger partial charge in [-0.3, -0.25) is 0 Å². The smallest absolute Gasteiger partial charge is 0.0885 e. The highest BCUT2D eigenvalue weighted by atomic mass is 15.4. The molecule has 13 heavy (non-hydrogen) atoms. The van der Waals surface area contributed by atoms with Crippen molar-refractivity contribution >= 4 is 0 Å². The Kier molecular flexibility index (Phi) is 2.59. The minimum Gasteiger partial charge on any atom is -0.311 e. The van der Waals surface area contributed by atoms with E-state index < -0.39 is 0 Å². The molecule has 0 amide bonds. The Balaban J connectivity index is 2.12. The standard InChI is InChI=1S/C9H16N4/c1-2-3-6-13-9-7-10-5-4-8(9)11-12-13/h10H,2-7H2,1H3. The maximum atomic E-state index is 4.18. The Labute approximate surface area is 78.3 Å². The zero-order chi connectivity index (χ0) is 9.10. The number of fused-ring (bicyclic) bond motifs is 1. The molecule has 0 saturated carbocycles. The highest BCUT2D eigenvalue weighted by Crippen LogP contribution is 2.10. The summed E-state index contributed by atoms with van der Waals surface area (Å²) in [5.74, 6) is 0. The molecule has 0 saturated heterocycles. The summed E-state index contributed by atoms with van der Waals surface area (Å²) in [5.41, 5.74) is 2.48. The van der Waals surface area contributed by atoms with Crippen LogP contribution in [0.4, 0.5) is 0 Å². The van der Waals surface area contributed by atoms with Crippen molar-refractivity contribution in [3.05, 3.63) is 11.4 Å². The molecule has 1 aliphatic rings. The third kappa shape index (κ3) is 1.72. The van der Waals surface area contributed by atoms with E-state index in [-0.39, 0.29) is 0 Å². The largest absolute Gasteiger partial charge is 0.311 e. The van der Waals surface area contributed by atoms with Crippen molar-refractivity contribution in [2.24, 2.45) is 0 Å². The first-order chi connectivity index (χ1) is 6.42. The van der Waals surface area contributed by atoms with Gasteiger partial charge < -0.3 is 5.32 Å². The average Bonchev–Trinajstić information content (AvgIpc) is 2.58. The summed E-state index contributed by atoms with van der Waals surface area (Å²) in [6.45, 7) is 5.19. The SMILES string of the molecule is CCCCn1nnc2c1CNCC2. The lowest BCUT2D eigenvalue weighted by atomic mass is 10.2. The molecule has 1 N–H and O–H groups in total. The van der Waals surface area contributed by atoms with E-state index >= 15 is 0 Å². The van der Waals surface area contributed by atoms with Gasteiger partial charge in [-0.15, -0.1) is 5.10 Å². The number of nitrogens with one attached hydrogen (secondary N) is 1. The Morgan fingerprint density at radius 1 is 1.54 bits per heavy atom. The zero-order valence-corrected chi connectivity index (χ0v) is 8.08. The molecule has 72 valence electrons. The monoisotopic (exact) mass is 180 g/mol. The van der Waals surface area contributed by atoms with E-state index in [1.54, 1.807) is 0 Å². The molecule has 0 aromatic carbocycles. The maximum absolute atomic E-state index is 4.18. The molecule has 4 nitrogen and oxygen atoms in total. The first-order valence-electron chi connectivity index (χ1n) is 5.03. The molecule has 0 aliphatic carbocycles. The predicted molar refractivity (Wildman–Crippen MR) is 50.3 cm³/mol. The Hall–Kier alpha value is -0.900. The van der Waals surface area contributed by atoms with E-state index in [9.17, 15) is 0 Å². The molecular weight excluding hydrogens is 164 g/mol. The summed E-state index contributed by atoms with van der Waals surface area (Å²) in [4.78, 5) is 0. The molecule has 2 rings (SSSR count). The topological polar surface area (TPSA) is 42.7 Å². The van der Waals surface area contributed by atoms with Crippen LogP contribution in [0.1, 0.15) is 31.2 Å². The summed E-state index contributed by atoms with van der Waals surface area (Å²) in [5, 5.41) is 11.7. The molecule has 1 aromatic heterocycles. The number of aromatic nitrogens is 3. The summed E-state index contributed by atoms with van der Waals surface area (Å²) in [7, 11) is 0. The van der Waals surface area contributed by atoms with E-state index in [1.807, 2.05) is 4.68 Å². The van der Waals surface area contributed by atoms with Crippen molar-refractivity contribution in [3.8, 4) is 0 Å².